The molecule has 0 spiro atoms. The lowest BCUT2D eigenvalue weighted by Crippen LogP contribution is -2.57. The van der Waals surface area contributed by atoms with Crippen LogP contribution in [0.25, 0.3) is 0 Å². The van der Waals surface area contributed by atoms with Gasteiger partial charge in [-0.3, -0.25) is 9.59 Å². The molecular weight excluding hydrogens is 550 g/mol. The molecule has 2 fully saturated rings. The number of methoxy groups -OCH3 is 1. The number of hydrogen-bond donors (Lipinski definition) is 3. The van der Waals surface area contributed by atoms with Gasteiger partial charge in [0.05, 0.1) is 29.7 Å². The summed E-state index contributed by atoms with van der Waals surface area (Å²) in [5, 5.41) is 17.4. The third-order valence-electron chi connectivity index (χ3n) is 7.99. The highest BCUT2D eigenvalue weighted by Gasteiger charge is 2.40. The van der Waals surface area contributed by atoms with Crippen LogP contribution >= 0.6 is 0 Å². The van der Waals surface area contributed by atoms with E-state index in [1.807, 2.05) is 0 Å². The van der Waals surface area contributed by atoms with Crippen molar-refractivity contribution in [2.24, 2.45) is 0 Å². The first-order chi connectivity index (χ1) is 20.1. The number of carbonyl (C=O) groups is 2. The first-order valence-electron chi connectivity index (χ1n) is 14.2. The summed E-state index contributed by atoms with van der Waals surface area (Å²) < 4.78 is 33.3. The minimum absolute atomic E-state index is 0.0403. The zero-order valence-electron chi connectivity index (χ0n) is 24.1. The summed E-state index contributed by atoms with van der Waals surface area (Å²) in [4.78, 5) is 46.1. The van der Waals surface area contributed by atoms with Crippen LogP contribution in [0.4, 0.5) is 8.78 Å². The summed E-state index contributed by atoms with van der Waals surface area (Å²) in [5.41, 5.74) is 1.51. The number of rotatable bonds is 11. The Kier molecular flexibility index (Phi) is 10.6. The molecule has 0 bridgehead atoms. The lowest BCUT2D eigenvalue weighted by molar-refractivity contribution is -0.821. The van der Waals surface area contributed by atoms with Gasteiger partial charge in [-0.25, -0.2) is 13.6 Å². The van der Waals surface area contributed by atoms with Gasteiger partial charge in [0, 0.05) is 56.3 Å². The number of ether oxygens (including phenoxy) is 1. The fourth-order valence-corrected chi connectivity index (χ4v) is 5.97. The van der Waals surface area contributed by atoms with Gasteiger partial charge in [-0.05, 0) is 67.6 Å². The Morgan fingerprint density at radius 2 is 1.83 bits per heavy atom. The van der Waals surface area contributed by atoms with Gasteiger partial charge in [-0.2, -0.15) is 0 Å². The molecule has 2 heterocycles. The summed E-state index contributed by atoms with van der Waals surface area (Å²) >= 11 is 0. The van der Waals surface area contributed by atoms with E-state index in [0.29, 0.717) is 42.2 Å². The van der Waals surface area contributed by atoms with Crippen molar-refractivity contribution < 1.29 is 38.0 Å². The van der Waals surface area contributed by atoms with Gasteiger partial charge in [0.1, 0.15) is 11.6 Å². The topological polar surface area (TPSA) is 120 Å². The van der Waals surface area contributed by atoms with E-state index in [1.54, 1.807) is 31.1 Å². The number of carbonyl (C=O) groups excluding carboxylic acids is 2. The van der Waals surface area contributed by atoms with Crippen molar-refractivity contribution in [1.82, 2.24) is 15.5 Å². The maximum atomic E-state index is 14.0. The molecule has 42 heavy (non-hydrogen) atoms. The van der Waals surface area contributed by atoms with Crippen molar-refractivity contribution in [2.75, 3.05) is 33.9 Å². The average Bonchev–Trinajstić information content (AvgIpc) is 3.43. The highest BCUT2D eigenvalue weighted by Crippen LogP contribution is 2.23. The molecule has 2 saturated heterocycles. The summed E-state index contributed by atoms with van der Waals surface area (Å²) in [6.07, 6.45) is 1.12. The van der Waals surface area contributed by atoms with Gasteiger partial charge in [-0.15, -0.1) is 0 Å². The summed E-state index contributed by atoms with van der Waals surface area (Å²) in [6.45, 7) is 3.23. The molecule has 0 aromatic heterocycles. The number of nitrogens with one attached hydrogen (secondary N) is 2. The molecule has 2 amide bonds. The van der Waals surface area contributed by atoms with Crippen LogP contribution in [0.5, 0.6) is 0 Å². The van der Waals surface area contributed by atoms with E-state index in [0.717, 1.165) is 31.0 Å². The van der Waals surface area contributed by atoms with E-state index in [2.05, 4.69) is 10.6 Å². The molecule has 3 N–H and O–H groups in total. The van der Waals surface area contributed by atoms with E-state index < -0.39 is 41.8 Å². The number of aliphatic hydroxyl groups is 1. The minimum Gasteiger partial charge on any atom is -0.389 e. The van der Waals surface area contributed by atoms with E-state index in [1.165, 1.54) is 13.2 Å². The molecular formula is C30H39F2N4O6+. The highest BCUT2D eigenvalue weighted by molar-refractivity contribution is 6.00. The van der Waals surface area contributed by atoms with Gasteiger partial charge < -0.3 is 25.4 Å². The van der Waals surface area contributed by atoms with Gasteiger partial charge in [0.2, 0.25) is 4.92 Å². The molecule has 2 unspecified atom stereocenters. The number of piperidine rings is 1. The van der Waals surface area contributed by atoms with Gasteiger partial charge in [0.15, 0.2) is 7.11 Å². The van der Waals surface area contributed by atoms with Crippen LogP contribution in [-0.2, 0) is 16.0 Å². The Morgan fingerprint density at radius 1 is 1.12 bits per heavy atom. The van der Waals surface area contributed by atoms with E-state index >= 15 is 0 Å². The van der Waals surface area contributed by atoms with Crippen LogP contribution in [0.3, 0.4) is 0 Å². The van der Waals surface area contributed by atoms with Crippen molar-refractivity contribution in [2.45, 2.75) is 69.3 Å². The largest absolute Gasteiger partial charge is 0.389 e. The first kappa shape index (κ1) is 31.5. The predicted molar refractivity (Wildman–Crippen MR) is 150 cm³/mol. The Balaban J connectivity index is 1.58. The normalized spacial score (nSPS) is 22.0. The maximum absolute atomic E-state index is 14.0. The molecule has 2 aromatic carbocycles. The summed E-state index contributed by atoms with van der Waals surface area (Å²) in [6, 6.07) is 5.76. The molecule has 0 saturated carbocycles. The quantitative estimate of drug-likeness (QED) is 0.345. The van der Waals surface area contributed by atoms with Crippen LogP contribution < -0.4 is 10.6 Å². The third kappa shape index (κ3) is 7.67. The van der Waals surface area contributed by atoms with Crippen LogP contribution in [0, 0.1) is 23.5 Å². The van der Waals surface area contributed by atoms with E-state index in [-0.39, 0.29) is 35.9 Å². The second-order valence-electron chi connectivity index (χ2n) is 11.1. The Hall–Kier alpha value is -3.48. The SMILES string of the molecule is COC[C@H]1CCCN1C(=O)c1cc(C)cc(C(=O)N[C@@H](Cc2cc(F)cc(F)c2)[C@H](O)C2CC([N+](=O)OC)CCN2)c1. The smallest absolute Gasteiger partial charge is 0.260 e. The van der Waals surface area contributed by atoms with Gasteiger partial charge in [0.25, 0.3) is 17.9 Å². The molecule has 0 radical (unpaired) electrons. The second kappa shape index (κ2) is 14.1. The van der Waals surface area contributed by atoms with Crippen molar-refractivity contribution in [1.29, 1.82) is 0 Å². The fraction of sp³-hybridized carbons (Fsp3) is 0.533. The van der Waals surface area contributed by atoms with Crippen molar-refractivity contribution in [3.63, 3.8) is 0 Å². The average molecular weight is 590 g/mol. The number of likely N-dealkylation sites (tertiary alicyclic amines) is 1. The number of halogens is 2. The third-order valence-corrected chi connectivity index (χ3v) is 7.99. The zero-order valence-corrected chi connectivity index (χ0v) is 24.1. The highest BCUT2D eigenvalue weighted by atomic mass is 19.1. The Labute approximate surface area is 243 Å². The monoisotopic (exact) mass is 589 g/mol. The standard InChI is InChI=1S/C30H38F2N4O6/c1-18-9-20(14-21(10-18)30(39)35-8-4-5-25(35)17-41-2)29(38)34-27(13-19-11-22(31)15-23(32)12-19)28(37)26-16-24(6-7-33-26)36(40)42-3/h9-12,14-15,24-28,33,37H,4-8,13,16-17H2,1-3H3/p+1/t24?,25-,26?,27+,28-/m1/s1. The first-order valence-corrected chi connectivity index (χ1v) is 14.2. The molecule has 4 rings (SSSR count). The fourth-order valence-electron chi connectivity index (χ4n) is 5.97. The maximum Gasteiger partial charge on any atom is 0.260 e. The molecule has 12 heteroatoms. The van der Waals surface area contributed by atoms with Crippen molar-refractivity contribution >= 4 is 11.8 Å². The minimum atomic E-state index is -1.22. The Morgan fingerprint density at radius 3 is 2.52 bits per heavy atom. The number of benzene rings is 2. The van der Waals surface area contributed by atoms with Gasteiger partial charge in [-0.1, -0.05) is 0 Å². The van der Waals surface area contributed by atoms with Crippen LogP contribution in [0.2, 0.25) is 0 Å². The number of hydrogen-bond acceptors (Lipinski definition) is 7. The number of aryl methyl sites for hydroxylation is 1. The number of aliphatic hydroxyl groups excluding tert-OH is 1. The number of amides is 2. The number of nitrogens with zero attached hydrogens (tertiary/aromatic N) is 2. The second-order valence-corrected chi connectivity index (χ2v) is 11.1. The van der Waals surface area contributed by atoms with E-state index in [4.69, 9.17) is 9.57 Å². The van der Waals surface area contributed by atoms with Crippen LogP contribution in [-0.4, -0.2) is 90.9 Å². The molecule has 2 aromatic rings. The molecule has 0 aliphatic carbocycles. The molecule has 5 atom stereocenters. The van der Waals surface area contributed by atoms with E-state index in [9.17, 15) is 28.4 Å². The molecule has 10 nitrogen and oxygen atoms in total. The molecule has 2 aliphatic heterocycles. The lowest BCUT2D eigenvalue weighted by atomic mass is 9.89. The lowest BCUT2D eigenvalue weighted by Gasteiger charge is -2.34. The van der Waals surface area contributed by atoms with Crippen molar-refractivity contribution in [3.05, 3.63) is 75.2 Å². The van der Waals surface area contributed by atoms with Crippen molar-refractivity contribution in [3.8, 4) is 0 Å². The van der Waals surface area contributed by atoms with Gasteiger partial charge >= 0.3 is 0 Å². The predicted octanol–water partition coefficient (Wildman–Crippen LogP) is 2.69. The Bertz CT molecular complexity index is 1270. The summed E-state index contributed by atoms with van der Waals surface area (Å²) in [5.74, 6) is -2.31. The summed E-state index contributed by atoms with van der Waals surface area (Å²) in [7, 11) is 2.86. The molecule has 228 valence electrons. The van der Waals surface area contributed by atoms with Crippen LogP contribution in [0.1, 0.15) is 57.5 Å². The molecule has 2 aliphatic rings. The zero-order chi connectivity index (χ0) is 30.4. The van der Waals surface area contributed by atoms with Crippen LogP contribution in [0.15, 0.2) is 36.4 Å².